The molecule has 27 heavy (non-hydrogen) atoms. The molecule has 134 valence electrons. The van der Waals surface area contributed by atoms with Crippen LogP contribution in [0.25, 0.3) is 11.1 Å². The fraction of sp³-hybridized carbons (Fsp3) is 0.136. The van der Waals surface area contributed by atoms with E-state index in [0.29, 0.717) is 29.6 Å². The number of aldehydes is 1. The summed E-state index contributed by atoms with van der Waals surface area (Å²) in [5, 5.41) is 9.49. The number of carbonyl (C=O) groups excluding carboxylic acids is 2. The summed E-state index contributed by atoms with van der Waals surface area (Å²) >= 11 is 6.39. The van der Waals surface area contributed by atoms with Gasteiger partial charge in [-0.1, -0.05) is 42.5 Å². The Hall–Kier alpha value is -3.16. The Bertz CT molecular complexity index is 1030. The summed E-state index contributed by atoms with van der Waals surface area (Å²) in [6.07, 6.45) is 2.31. The topological polar surface area (TPSA) is 61.2 Å². The zero-order chi connectivity index (χ0) is 19.6. The molecule has 4 nitrogen and oxygen atoms in total. The minimum Gasteiger partial charge on any atom is -0.307 e. The second-order valence-corrected chi connectivity index (χ2v) is 6.73. The van der Waals surface area contributed by atoms with Crippen molar-refractivity contribution < 1.29 is 9.59 Å². The molecule has 0 unspecified atom stereocenters. The van der Waals surface area contributed by atoms with Gasteiger partial charge in [0, 0.05) is 11.1 Å². The molecule has 0 radical (unpaired) electrons. The van der Waals surface area contributed by atoms with Gasteiger partial charge in [-0.25, -0.2) is 0 Å². The van der Waals surface area contributed by atoms with Gasteiger partial charge >= 0.3 is 0 Å². The first kappa shape index (κ1) is 18.6. The third-order valence-electron chi connectivity index (χ3n) is 4.63. The van der Waals surface area contributed by atoms with Crippen LogP contribution in [0, 0.1) is 18.3 Å². The number of hydrogen-bond donors (Lipinski definition) is 0. The van der Waals surface area contributed by atoms with Gasteiger partial charge in [0.2, 0.25) is 5.91 Å². The number of nitrogens with zero attached hydrogens (tertiary/aromatic N) is 2. The van der Waals surface area contributed by atoms with Gasteiger partial charge < -0.3 is 4.90 Å². The van der Waals surface area contributed by atoms with Crippen molar-refractivity contribution in [1.29, 1.82) is 5.26 Å². The summed E-state index contributed by atoms with van der Waals surface area (Å²) in [6.45, 7) is 6.12. The van der Waals surface area contributed by atoms with Crippen LogP contribution in [0.2, 0.25) is 0 Å². The maximum atomic E-state index is 12.9. The molecule has 2 aromatic rings. The van der Waals surface area contributed by atoms with Crippen LogP contribution in [0.4, 0.5) is 5.69 Å². The van der Waals surface area contributed by atoms with Crippen LogP contribution in [-0.4, -0.2) is 12.2 Å². The molecule has 2 aromatic carbocycles. The number of fused-ring (bicyclic) bond motifs is 1. The highest BCUT2D eigenvalue weighted by Gasteiger charge is 2.27. The minimum absolute atomic E-state index is 0.0842. The summed E-state index contributed by atoms with van der Waals surface area (Å²) in [5.74, 6) is -0.246. The highest BCUT2D eigenvalue weighted by Crippen LogP contribution is 2.37. The summed E-state index contributed by atoms with van der Waals surface area (Å²) < 4.78 is 0. The van der Waals surface area contributed by atoms with Gasteiger partial charge in [-0.2, -0.15) is 5.26 Å². The van der Waals surface area contributed by atoms with Crippen LogP contribution in [-0.2, 0) is 16.1 Å². The molecule has 5 heteroatoms. The second kappa shape index (κ2) is 7.61. The molecule has 0 aliphatic carbocycles. The van der Waals surface area contributed by atoms with E-state index >= 15 is 0 Å². The summed E-state index contributed by atoms with van der Waals surface area (Å²) in [5.41, 5.74) is 4.76. The van der Waals surface area contributed by atoms with E-state index in [1.165, 1.54) is 0 Å². The highest BCUT2D eigenvalue weighted by atomic mass is 35.5. The summed E-state index contributed by atoms with van der Waals surface area (Å²) in [7, 11) is 0. The van der Waals surface area contributed by atoms with Crippen LogP contribution in [0.1, 0.15) is 34.2 Å². The largest absolute Gasteiger partial charge is 0.307 e. The Balaban J connectivity index is 2.12. The molecule has 1 aliphatic rings. The van der Waals surface area contributed by atoms with Crippen molar-refractivity contribution in [3.05, 3.63) is 76.4 Å². The maximum absolute atomic E-state index is 12.9. The van der Waals surface area contributed by atoms with Crippen molar-refractivity contribution in [2.24, 2.45) is 0 Å². The molecule has 0 saturated heterocycles. The Morgan fingerprint density at radius 2 is 2.07 bits per heavy atom. The average molecular weight is 377 g/mol. The van der Waals surface area contributed by atoms with Gasteiger partial charge in [-0.05, 0) is 41.8 Å². The third-order valence-corrected chi connectivity index (χ3v) is 5.07. The van der Waals surface area contributed by atoms with E-state index in [-0.39, 0.29) is 22.9 Å². The first-order valence-corrected chi connectivity index (χ1v) is 8.77. The molecule has 1 heterocycles. The van der Waals surface area contributed by atoms with Crippen LogP contribution >= 0.6 is 11.6 Å². The molecule has 0 spiro atoms. The molecule has 1 amide bonds. The number of benzene rings is 2. The van der Waals surface area contributed by atoms with Gasteiger partial charge in [-0.3, -0.25) is 9.59 Å². The standard InChI is InChI=1S/C22H17ClN2O2/c1-3-17-8-16(5-4-14(17)2)12-25-20-9-15(11-24)6-7-19(20)22(23)18(13-26)10-21(25)27/h3-9,13H,1,10,12H2,2H3. The maximum Gasteiger partial charge on any atom is 0.231 e. The Morgan fingerprint density at radius 3 is 2.74 bits per heavy atom. The molecule has 0 fully saturated rings. The number of carbonyl (C=O) groups is 2. The van der Waals surface area contributed by atoms with Gasteiger partial charge in [-0.15, -0.1) is 0 Å². The van der Waals surface area contributed by atoms with E-state index in [1.54, 1.807) is 29.2 Å². The lowest BCUT2D eigenvalue weighted by molar-refractivity contribution is -0.118. The van der Waals surface area contributed by atoms with E-state index in [0.717, 1.165) is 16.7 Å². The normalized spacial score (nSPS) is 13.7. The molecule has 3 rings (SSSR count). The first-order valence-electron chi connectivity index (χ1n) is 8.39. The lowest BCUT2D eigenvalue weighted by Crippen LogP contribution is -2.30. The van der Waals surface area contributed by atoms with Gasteiger partial charge in [0.05, 0.1) is 35.3 Å². The SMILES string of the molecule is C=Cc1cc(CN2C(=O)CC(C=O)=C(Cl)c3ccc(C#N)cc32)ccc1C. The molecule has 0 aromatic heterocycles. The van der Waals surface area contributed by atoms with Crippen molar-refractivity contribution in [2.45, 2.75) is 19.9 Å². The second-order valence-electron chi connectivity index (χ2n) is 6.35. The number of halogens is 1. The van der Waals surface area contributed by atoms with Crippen LogP contribution in [0.5, 0.6) is 0 Å². The van der Waals surface area contributed by atoms with Crippen LogP contribution in [0.15, 0.2) is 48.6 Å². The minimum atomic E-state index is -0.246. The number of amides is 1. The van der Waals surface area contributed by atoms with E-state index in [4.69, 9.17) is 11.6 Å². The monoisotopic (exact) mass is 376 g/mol. The average Bonchev–Trinajstić information content (AvgIpc) is 2.78. The summed E-state index contributed by atoms with van der Waals surface area (Å²) in [6, 6.07) is 12.9. The Kier molecular flexibility index (Phi) is 5.25. The predicted octanol–water partition coefficient (Wildman–Crippen LogP) is 4.60. The van der Waals surface area contributed by atoms with Crippen molar-refractivity contribution in [3.8, 4) is 6.07 Å². The molecule has 0 N–H and O–H groups in total. The zero-order valence-electron chi connectivity index (χ0n) is 14.8. The number of rotatable bonds is 4. The van der Waals surface area contributed by atoms with Crippen LogP contribution < -0.4 is 4.90 Å². The van der Waals surface area contributed by atoms with Crippen molar-refractivity contribution in [3.63, 3.8) is 0 Å². The van der Waals surface area contributed by atoms with E-state index < -0.39 is 0 Å². The summed E-state index contributed by atoms with van der Waals surface area (Å²) in [4.78, 5) is 25.9. The van der Waals surface area contributed by atoms with E-state index in [9.17, 15) is 14.9 Å². The van der Waals surface area contributed by atoms with Gasteiger partial charge in [0.25, 0.3) is 0 Å². The van der Waals surface area contributed by atoms with Crippen LogP contribution in [0.3, 0.4) is 0 Å². The van der Waals surface area contributed by atoms with E-state index in [1.807, 2.05) is 25.1 Å². The quantitative estimate of drug-likeness (QED) is 0.733. The predicted molar refractivity (Wildman–Crippen MR) is 107 cm³/mol. The molecular formula is C22H17ClN2O2. The molecule has 0 saturated carbocycles. The third kappa shape index (κ3) is 3.55. The Labute approximate surface area is 163 Å². The van der Waals surface area contributed by atoms with Gasteiger partial charge in [0.1, 0.15) is 6.29 Å². The van der Waals surface area contributed by atoms with Crippen molar-refractivity contribution >= 4 is 40.6 Å². The highest BCUT2D eigenvalue weighted by molar-refractivity contribution is 6.51. The van der Waals surface area contributed by atoms with Crippen molar-refractivity contribution in [1.82, 2.24) is 0 Å². The Morgan fingerprint density at radius 1 is 1.30 bits per heavy atom. The fourth-order valence-electron chi connectivity index (χ4n) is 3.11. The fourth-order valence-corrected chi connectivity index (χ4v) is 3.38. The molecule has 0 bridgehead atoms. The van der Waals surface area contributed by atoms with E-state index in [2.05, 4.69) is 12.6 Å². The molecular weight excluding hydrogens is 360 g/mol. The van der Waals surface area contributed by atoms with Gasteiger partial charge in [0.15, 0.2) is 0 Å². The molecule has 0 atom stereocenters. The zero-order valence-corrected chi connectivity index (χ0v) is 15.6. The van der Waals surface area contributed by atoms with Crippen molar-refractivity contribution in [2.75, 3.05) is 4.90 Å². The number of nitriles is 1. The number of aryl methyl sites for hydroxylation is 1. The number of anilines is 1. The lowest BCUT2D eigenvalue weighted by Gasteiger charge is -2.24. The first-order chi connectivity index (χ1) is 13.0. The lowest BCUT2D eigenvalue weighted by atomic mass is 10.0. The molecule has 1 aliphatic heterocycles. The number of hydrogen-bond acceptors (Lipinski definition) is 3. The smallest absolute Gasteiger partial charge is 0.231 e.